The number of rotatable bonds is 2. The van der Waals surface area contributed by atoms with Crippen LogP contribution in [0.3, 0.4) is 0 Å². The SMILES string of the molecule is CC(C)(C)[SiH](Cl)C=Cc1ccccc1. The number of benzene rings is 1. The lowest BCUT2D eigenvalue weighted by molar-refractivity contribution is 0.754. The topological polar surface area (TPSA) is 0 Å². The Morgan fingerprint density at radius 1 is 1.14 bits per heavy atom. The zero-order valence-corrected chi connectivity index (χ0v) is 10.9. The van der Waals surface area contributed by atoms with Crippen LogP contribution >= 0.6 is 11.1 Å². The largest absolute Gasteiger partial charge is 0.169 e. The molecule has 1 aromatic rings. The van der Waals surface area contributed by atoms with Crippen molar-refractivity contribution >= 4 is 25.3 Å². The molecule has 0 amide bonds. The predicted molar refractivity (Wildman–Crippen MR) is 68.2 cm³/mol. The molecule has 0 aliphatic carbocycles. The molecule has 76 valence electrons. The van der Waals surface area contributed by atoms with Gasteiger partial charge in [-0.2, -0.15) is 11.1 Å². The van der Waals surface area contributed by atoms with E-state index in [4.69, 9.17) is 11.1 Å². The van der Waals surface area contributed by atoms with Crippen LogP contribution in [0.2, 0.25) is 5.04 Å². The van der Waals surface area contributed by atoms with Crippen LogP contribution in [0, 0.1) is 0 Å². The first-order valence-corrected chi connectivity index (χ1v) is 7.86. The minimum atomic E-state index is -1.27. The second-order valence-electron chi connectivity index (χ2n) is 4.54. The molecule has 1 unspecified atom stereocenters. The van der Waals surface area contributed by atoms with Crippen molar-refractivity contribution in [1.29, 1.82) is 0 Å². The summed E-state index contributed by atoms with van der Waals surface area (Å²) in [5.41, 5.74) is 3.42. The van der Waals surface area contributed by atoms with Crippen molar-refractivity contribution in [3.63, 3.8) is 0 Å². The maximum Gasteiger partial charge on any atom is 0.169 e. The highest BCUT2D eigenvalue weighted by atomic mass is 35.6. The molecule has 0 aliphatic rings. The third kappa shape index (κ3) is 3.68. The lowest BCUT2D eigenvalue weighted by Crippen LogP contribution is -2.16. The highest BCUT2D eigenvalue weighted by molar-refractivity contribution is 7.11. The number of halogens is 1. The van der Waals surface area contributed by atoms with Crippen LogP contribution in [0.15, 0.2) is 36.0 Å². The van der Waals surface area contributed by atoms with Crippen LogP contribution in [0.5, 0.6) is 0 Å². The van der Waals surface area contributed by atoms with E-state index < -0.39 is 8.11 Å². The Morgan fingerprint density at radius 3 is 2.21 bits per heavy atom. The third-order valence-corrected chi connectivity index (χ3v) is 6.67. The fourth-order valence-electron chi connectivity index (χ4n) is 1.05. The van der Waals surface area contributed by atoms with E-state index in [-0.39, 0.29) is 5.04 Å². The van der Waals surface area contributed by atoms with Crippen LogP contribution in [-0.2, 0) is 0 Å². The Hall–Kier alpha value is -0.533. The molecular weight excluding hydrogens is 208 g/mol. The molecule has 0 aromatic heterocycles. The summed E-state index contributed by atoms with van der Waals surface area (Å²) >= 11 is 6.36. The molecular formula is C12H17ClSi. The van der Waals surface area contributed by atoms with Crippen LogP contribution in [0.25, 0.3) is 6.08 Å². The molecule has 0 saturated heterocycles. The van der Waals surface area contributed by atoms with Gasteiger partial charge in [-0.25, -0.2) is 0 Å². The molecule has 0 nitrogen and oxygen atoms in total. The Morgan fingerprint density at radius 2 is 1.71 bits per heavy atom. The Bertz CT molecular complexity index is 298. The smallest absolute Gasteiger partial charge is 0.166 e. The summed E-state index contributed by atoms with van der Waals surface area (Å²) in [6, 6.07) is 10.3. The molecule has 1 rings (SSSR count). The quantitative estimate of drug-likeness (QED) is 0.526. The van der Waals surface area contributed by atoms with Crippen molar-refractivity contribution in [3.8, 4) is 0 Å². The van der Waals surface area contributed by atoms with E-state index in [2.05, 4.69) is 44.7 Å². The Labute approximate surface area is 92.9 Å². The first kappa shape index (κ1) is 11.5. The maximum absolute atomic E-state index is 6.36. The molecule has 0 bridgehead atoms. The van der Waals surface area contributed by atoms with E-state index in [1.54, 1.807) is 0 Å². The van der Waals surface area contributed by atoms with Crippen molar-refractivity contribution in [2.45, 2.75) is 25.8 Å². The zero-order chi connectivity index (χ0) is 10.6. The molecule has 0 spiro atoms. The van der Waals surface area contributed by atoms with Crippen molar-refractivity contribution < 1.29 is 0 Å². The van der Waals surface area contributed by atoms with Gasteiger partial charge in [0.1, 0.15) is 0 Å². The van der Waals surface area contributed by atoms with Gasteiger partial charge in [0.05, 0.1) is 0 Å². The molecule has 2 heteroatoms. The van der Waals surface area contributed by atoms with Crippen LogP contribution < -0.4 is 0 Å². The third-order valence-electron chi connectivity index (χ3n) is 2.08. The molecule has 0 aliphatic heterocycles. The van der Waals surface area contributed by atoms with Gasteiger partial charge in [0.15, 0.2) is 8.11 Å². The molecule has 1 atom stereocenters. The van der Waals surface area contributed by atoms with Crippen molar-refractivity contribution in [1.82, 2.24) is 0 Å². The van der Waals surface area contributed by atoms with Gasteiger partial charge in [0.25, 0.3) is 0 Å². The van der Waals surface area contributed by atoms with E-state index in [1.165, 1.54) is 5.56 Å². The monoisotopic (exact) mass is 224 g/mol. The van der Waals surface area contributed by atoms with Gasteiger partial charge in [-0.05, 0) is 10.6 Å². The summed E-state index contributed by atoms with van der Waals surface area (Å²) in [5, 5.41) is 0.257. The van der Waals surface area contributed by atoms with Gasteiger partial charge < -0.3 is 0 Å². The molecule has 0 radical (unpaired) electrons. The van der Waals surface area contributed by atoms with E-state index in [0.717, 1.165) is 0 Å². The highest BCUT2D eigenvalue weighted by Gasteiger charge is 2.21. The van der Waals surface area contributed by atoms with Gasteiger partial charge >= 0.3 is 0 Å². The summed E-state index contributed by atoms with van der Waals surface area (Å²) < 4.78 is 0. The average molecular weight is 225 g/mol. The zero-order valence-electron chi connectivity index (χ0n) is 9.00. The van der Waals surface area contributed by atoms with Gasteiger partial charge in [-0.1, -0.05) is 62.9 Å². The molecule has 0 fully saturated rings. The van der Waals surface area contributed by atoms with Crippen molar-refractivity contribution in [2.75, 3.05) is 0 Å². The van der Waals surface area contributed by atoms with Crippen LogP contribution in [0.1, 0.15) is 26.3 Å². The average Bonchev–Trinajstić information content (AvgIpc) is 2.14. The van der Waals surface area contributed by atoms with Gasteiger partial charge in [0.2, 0.25) is 0 Å². The van der Waals surface area contributed by atoms with Gasteiger partial charge in [-0.15, -0.1) is 0 Å². The Kier molecular flexibility index (Phi) is 3.96. The lowest BCUT2D eigenvalue weighted by Gasteiger charge is -2.20. The van der Waals surface area contributed by atoms with E-state index in [0.29, 0.717) is 0 Å². The van der Waals surface area contributed by atoms with E-state index in [9.17, 15) is 0 Å². The summed E-state index contributed by atoms with van der Waals surface area (Å²) in [6.45, 7) is 6.60. The summed E-state index contributed by atoms with van der Waals surface area (Å²) in [5.74, 6) is 0. The molecule has 0 N–H and O–H groups in total. The summed E-state index contributed by atoms with van der Waals surface area (Å²) in [7, 11) is -1.27. The Balaban J connectivity index is 2.66. The van der Waals surface area contributed by atoms with Crippen molar-refractivity contribution in [2.24, 2.45) is 0 Å². The summed E-state index contributed by atoms with van der Waals surface area (Å²) in [6.07, 6.45) is 2.13. The lowest BCUT2D eigenvalue weighted by atomic mass is 10.2. The maximum atomic E-state index is 6.36. The minimum Gasteiger partial charge on any atom is -0.166 e. The first-order chi connectivity index (χ1) is 6.50. The molecule has 14 heavy (non-hydrogen) atoms. The fourth-order valence-corrected chi connectivity index (χ4v) is 2.24. The van der Waals surface area contributed by atoms with Gasteiger partial charge in [-0.3, -0.25) is 0 Å². The van der Waals surface area contributed by atoms with Gasteiger partial charge in [0, 0.05) is 0 Å². The van der Waals surface area contributed by atoms with Crippen molar-refractivity contribution in [3.05, 3.63) is 41.6 Å². The normalized spacial score (nSPS) is 14.6. The standard InChI is InChI=1S/C12H17ClSi/c1-12(2,3)14(13)10-9-11-7-5-4-6-8-11/h4-10,14H,1-3H3. The minimum absolute atomic E-state index is 0.257. The first-order valence-electron chi connectivity index (χ1n) is 4.87. The van der Waals surface area contributed by atoms with Crippen LogP contribution in [0.4, 0.5) is 0 Å². The molecule has 1 aromatic carbocycles. The highest BCUT2D eigenvalue weighted by Crippen LogP contribution is 2.30. The molecule has 0 heterocycles. The predicted octanol–water partition coefficient (Wildman–Crippen LogP) is 4.00. The second kappa shape index (κ2) is 4.81. The summed E-state index contributed by atoms with van der Waals surface area (Å²) in [4.78, 5) is 0. The van der Waals surface area contributed by atoms with Crippen LogP contribution in [-0.4, -0.2) is 8.11 Å². The van der Waals surface area contributed by atoms with E-state index >= 15 is 0 Å². The second-order valence-corrected chi connectivity index (χ2v) is 8.87. The fraction of sp³-hybridized carbons (Fsp3) is 0.333. The van der Waals surface area contributed by atoms with E-state index in [1.807, 2.05) is 18.2 Å². The molecule has 0 saturated carbocycles. The number of hydrogen-bond donors (Lipinski definition) is 0. The number of hydrogen-bond acceptors (Lipinski definition) is 0.